The van der Waals surface area contributed by atoms with E-state index in [0.29, 0.717) is 5.92 Å². The molecule has 0 unspecified atom stereocenters. The predicted octanol–water partition coefficient (Wildman–Crippen LogP) is 1.63. The fraction of sp³-hybridized carbons (Fsp3) is 0.500. The van der Waals surface area contributed by atoms with Crippen molar-refractivity contribution in [3.05, 3.63) is 35.3 Å². The monoisotopic (exact) mass is 250 g/mol. The molecule has 0 aliphatic carbocycles. The smallest absolute Gasteiger partial charge is 0.183 e. The summed E-state index contributed by atoms with van der Waals surface area (Å²) < 4.78 is 0.886. The molecule has 1 fully saturated rings. The average molecular weight is 251 g/mol. The molecule has 1 aliphatic rings. The minimum Gasteiger partial charge on any atom is -0.619 e. The van der Waals surface area contributed by atoms with Gasteiger partial charge in [0.2, 0.25) is 0 Å². The number of hydrogen-bond acceptors (Lipinski definition) is 2. The molecule has 0 bridgehead atoms. The lowest BCUT2D eigenvalue weighted by molar-refractivity contribution is -0.606. The lowest BCUT2D eigenvalue weighted by atomic mass is 9.91. The molecule has 0 radical (unpaired) electrons. The zero-order chi connectivity index (χ0) is 9.10. The Morgan fingerprint density at radius 2 is 1.93 bits per heavy atom. The third-order valence-corrected chi connectivity index (χ3v) is 2.61. The van der Waals surface area contributed by atoms with Gasteiger partial charge >= 0.3 is 0 Å². The summed E-state index contributed by atoms with van der Waals surface area (Å²) in [6.45, 7) is 2.14. The lowest BCUT2D eigenvalue weighted by Crippen LogP contribution is -2.29. The van der Waals surface area contributed by atoms with Crippen molar-refractivity contribution < 1.29 is 4.73 Å². The van der Waals surface area contributed by atoms with Gasteiger partial charge in [0.15, 0.2) is 12.4 Å². The van der Waals surface area contributed by atoms with Gasteiger partial charge in [-0.1, -0.05) is 0 Å². The summed E-state index contributed by atoms with van der Waals surface area (Å²) in [5.41, 5.74) is 1.18. The molecule has 0 amide bonds. The number of piperidine rings is 1. The van der Waals surface area contributed by atoms with E-state index in [9.17, 15) is 5.21 Å². The van der Waals surface area contributed by atoms with Crippen molar-refractivity contribution in [3.8, 4) is 0 Å². The normalized spacial score (nSPS) is 16.3. The molecule has 1 saturated heterocycles. The molecule has 2 heterocycles. The summed E-state index contributed by atoms with van der Waals surface area (Å²) in [4.78, 5) is 0. The third-order valence-electron chi connectivity index (χ3n) is 2.61. The van der Waals surface area contributed by atoms with E-state index >= 15 is 0 Å². The summed E-state index contributed by atoms with van der Waals surface area (Å²) in [6, 6.07) is 3.87. The third kappa shape index (κ3) is 3.86. The van der Waals surface area contributed by atoms with E-state index < -0.39 is 0 Å². The van der Waals surface area contributed by atoms with E-state index in [0.717, 1.165) is 30.7 Å². The summed E-state index contributed by atoms with van der Waals surface area (Å²) in [6.07, 6.45) is 5.51. The van der Waals surface area contributed by atoms with E-state index in [2.05, 4.69) is 5.32 Å². The zero-order valence-electron chi connectivity index (χ0n) is 8.39. The van der Waals surface area contributed by atoms with Crippen LogP contribution in [0.25, 0.3) is 0 Å². The van der Waals surface area contributed by atoms with Crippen LogP contribution in [0.3, 0.4) is 0 Å². The molecule has 0 saturated carbocycles. The first-order valence-electron chi connectivity index (χ1n) is 4.76. The Kier molecular flexibility index (Phi) is 6.65. The highest BCUT2D eigenvalue weighted by Crippen LogP contribution is 2.23. The van der Waals surface area contributed by atoms with Gasteiger partial charge in [-0.3, -0.25) is 0 Å². The fourth-order valence-corrected chi connectivity index (χ4v) is 1.87. The zero-order valence-corrected chi connectivity index (χ0v) is 10.0. The highest BCUT2D eigenvalue weighted by Gasteiger charge is 2.16. The first-order valence-corrected chi connectivity index (χ1v) is 4.76. The minimum absolute atomic E-state index is 0. The van der Waals surface area contributed by atoms with Crippen molar-refractivity contribution in [2.75, 3.05) is 13.1 Å². The number of hydrogen-bond donors (Lipinski definition) is 1. The van der Waals surface area contributed by atoms with Gasteiger partial charge in [0.1, 0.15) is 0 Å². The van der Waals surface area contributed by atoms with Crippen LogP contribution in [0, 0.1) is 5.21 Å². The summed E-state index contributed by atoms with van der Waals surface area (Å²) in [5, 5.41) is 14.3. The van der Waals surface area contributed by atoms with Crippen LogP contribution in [-0.4, -0.2) is 13.1 Å². The van der Waals surface area contributed by atoms with Crippen LogP contribution in [0.1, 0.15) is 24.3 Å². The van der Waals surface area contributed by atoms with Crippen LogP contribution in [-0.2, 0) is 0 Å². The Hall–Kier alpha value is -0.510. The minimum atomic E-state index is 0. The lowest BCUT2D eigenvalue weighted by Gasteiger charge is -2.21. The molecular formula is C10H16Cl2N2O. The molecule has 0 aromatic carbocycles. The number of nitrogens with one attached hydrogen (secondary N) is 1. The largest absolute Gasteiger partial charge is 0.619 e. The highest BCUT2D eigenvalue weighted by molar-refractivity contribution is 5.85. The predicted molar refractivity (Wildman–Crippen MR) is 64.7 cm³/mol. The SMILES string of the molecule is Cl.Cl.[O-][n+]1cccc(C2CCNCC2)c1. The molecule has 86 valence electrons. The molecule has 0 spiro atoms. The number of rotatable bonds is 1. The molecule has 1 N–H and O–H groups in total. The van der Waals surface area contributed by atoms with Gasteiger partial charge in [-0.25, -0.2) is 0 Å². The van der Waals surface area contributed by atoms with E-state index in [4.69, 9.17) is 0 Å². The highest BCUT2D eigenvalue weighted by atomic mass is 35.5. The van der Waals surface area contributed by atoms with Gasteiger partial charge in [-0.05, 0) is 37.9 Å². The molecule has 1 aliphatic heterocycles. The second-order valence-corrected chi connectivity index (χ2v) is 3.52. The molecule has 2 rings (SSSR count). The van der Waals surface area contributed by atoms with E-state index in [1.165, 1.54) is 11.8 Å². The van der Waals surface area contributed by atoms with Crippen molar-refractivity contribution in [2.24, 2.45) is 0 Å². The summed E-state index contributed by atoms with van der Waals surface area (Å²) >= 11 is 0. The standard InChI is InChI=1S/C10H14N2O.2ClH/c13-12-7-1-2-10(8-12)9-3-5-11-6-4-9;;/h1-2,7-9,11H,3-6H2;2*1H. The number of aromatic nitrogens is 1. The Morgan fingerprint density at radius 3 is 2.53 bits per heavy atom. The molecule has 1 aromatic heterocycles. The van der Waals surface area contributed by atoms with Crippen molar-refractivity contribution in [1.29, 1.82) is 0 Å². The molecule has 0 atom stereocenters. The molecule has 1 aromatic rings. The molecular weight excluding hydrogens is 235 g/mol. The van der Waals surface area contributed by atoms with Crippen molar-refractivity contribution in [1.82, 2.24) is 5.32 Å². The van der Waals surface area contributed by atoms with Crippen LogP contribution in [0.2, 0.25) is 0 Å². The van der Waals surface area contributed by atoms with Crippen LogP contribution in [0.15, 0.2) is 24.5 Å². The van der Waals surface area contributed by atoms with Gasteiger partial charge in [0, 0.05) is 11.6 Å². The molecule has 5 heteroatoms. The Labute approximate surface area is 102 Å². The Bertz CT molecular complexity index is 291. The van der Waals surface area contributed by atoms with Crippen LogP contribution >= 0.6 is 24.8 Å². The van der Waals surface area contributed by atoms with Gasteiger partial charge in [0.25, 0.3) is 0 Å². The van der Waals surface area contributed by atoms with Gasteiger partial charge < -0.3 is 10.5 Å². The number of nitrogens with zero attached hydrogens (tertiary/aromatic N) is 1. The van der Waals surface area contributed by atoms with Crippen molar-refractivity contribution in [3.63, 3.8) is 0 Å². The maximum absolute atomic E-state index is 11.0. The quantitative estimate of drug-likeness (QED) is 0.608. The second-order valence-electron chi connectivity index (χ2n) is 3.52. The van der Waals surface area contributed by atoms with E-state index in [-0.39, 0.29) is 24.8 Å². The Morgan fingerprint density at radius 1 is 1.27 bits per heavy atom. The van der Waals surface area contributed by atoms with E-state index in [1.807, 2.05) is 12.1 Å². The van der Waals surface area contributed by atoms with Crippen LogP contribution in [0.4, 0.5) is 0 Å². The van der Waals surface area contributed by atoms with Gasteiger partial charge in [0.05, 0.1) is 0 Å². The molecule has 3 nitrogen and oxygen atoms in total. The number of halogens is 2. The first kappa shape index (κ1) is 14.5. The first-order chi connectivity index (χ1) is 6.36. The van der Waals surface area contributed by atoms with Crippen molar-refractivity contribution >= 4 is 24.8 Å². The van der Waals surface area contributed by atoms with Crippen LogP contribution < -0.4 is 10.0 Å². The maximum atomic E-state index is 11.0. The van der Waals surface area contributed by atoms with E-state index in [1.54, 1.807) is 6.20 Å². The van der Waals surface area contributed by atoms with Crippen LogP contribution in [0.5, 0.6) is 0 Å². The van der Waals surface area contributed by atoms with Gasteiger partial charge in [-0.15, -0.1) is 24.8 Å². The molecule has 15 heavy (non-hydrogen) atoms. The second kappa shape index (κ2) is 6.88. The summed E-state index contributed by atoms with van der Waals surface area (Å²) in [5.74, 6) is 0.572. The average Bonchev–Trinajstić information content (AvgIpc) is 2.19. The number of pyridine rings is 1. The Balaban J connectivity index is 0.000000980. The topological polar surface area (TPSA) is 39.0 Å². The maximum Gasteiger partial charge on any atom is 0.183 e. The van der Waals surface area contributed by atoms with Crippen molar-refractivity contribution in [2.45, 2.75) is 18.8 Å². The summed E-state index contributed by atoms with van der Waals surface area (Å²) in [7, 11) is 0. The fourth-order valence-electron chi connectivity index (χ4n) is 1.87. The van der Waals surface area contributed by atoms with Gasteiger partial charge in [-0.2, -0.15) is 4.73 Å².